The normalized spacial score (nSPS) is 23.6. The number of thioether (sulfide) groups is 1. The molecule has 0 bridgehead atoms. The van der Waals surface area contributed by atoms with E-state index in [0.29, 0.717) is 6.04 Å². The first kappa shape index (κ1) is 13.2. The second kappa shape index (κ2) is 6.09. The van der Waals surface area contributed by atoms with Crippen LogP contribution in [0.2, 0.25) is 0 Å². The average Bonchev–Trinajstić information content (AvgIpc) is 2.40. The summed E-state index contributed by atoms with van der Waals surface area (Å²) >= 11 is 1.67. The molecular formula is C13H18N2O2S. The lowest BCUT2D eigenvalue weighted by molar-refractivity contribution is -0.142. The number of hydrogen-bond donors (Lipinski definition) is 2. The summed E-state index contributed by atoms with van der Waals surface area (Å²) in [5.41, 5.74) is 0. The van der Waals surface area contributed by atoms with Gasteiger partial charge in [0.25, 0.3) is 0 Å². The van der Waals surface area contributed by atoms with Gasteiger partial charge in [-0.05, 0) is 44.1 Å². The van der Waals surface area contributed by atoms with Crippen LogP contribution in [-0.4, -0.2) is 28.4 Å². The number of carbonyl (C=O) groups is 1. The molecule has 1 heterocycles. The standard InChI is InChI=1S/C13H18N2O2S/c1-18-11-6-7-12(14-8-11)15-10-4-2-9(3-5-10)13(16)17/h6-10H,2-5H2,1H3,(H,14,15)(H,16,17). The summed E-state index contributed by atoms with van der Waals surface area (Å²) in [6, 6.07) is 4.38. The predicted molar refractivity (Wildman–Crippen MR) is 73.0 cm³/mol. The average molecular weight is 266 g/mol. The molecule has 2 N–H and O–H groups in total. The summed E-state index contributed by atoms with van der Waals surface area (Å²) < 4.78 is 0. The first-order valence-electron chi connectivity index (χ1n) is 6.18. The highest BCUT2D eigenvalue weighted by atomic mass is 32.2. The van der Waals surface area contributed by atoms with Gasteiger partial charge in [0.2, 0.25) is 0 Å². The number of carboxylic acid groups (broad SMARTS) is 1. The Kier molecular flexibility index (Phi) is 4.47. The van der Waals surface area contributed by atoms with Gasteiger partial charge < -0.3 is 10.4 Å². The molecule has 18 heavy (non-hydrogen) atoms. The van der Waals surface area contributed by atoms with Crippen molar-refractivity contribution in [2.75, 3.05) is 11.6 Å². The number of pyridine rings is 1. The van der Waals surface area contributed by atoms with Crippen LogP contribution in [0, 0.1) is 5.92 Å². The fourth-order valence-corrected chi connectivity index (χ4v) is 2.64. The van der Waals surface area contributed by atoms with E-state index in [0.717, 1.165) is 36.4 Å². The molecule has 0 amide bonds. The zero-order valence-electron chi connectivity index (χ0n) is 10.4. The zero-order valence-corrected chi connectivity index (χ0v) is 11.2. The molecule has 0 atom stereocenters. The number of nitrogens with zero attached hydrogens (tertiary/aromatic N) is 1. The molecule has 4 nitrogen and oxygen atoms in total. The molecule has 98 valence electrons. The molecule has 1 fully saturated rings. The molecule has 0 radical (unpaired) electrons. The van der Waals surface area contributed by atoms with Gasteiger partial charge in [-0.3, -0.25) is 4.79 Å². The lowest BCUT2D eigenvalue weighted by Gasteiger charge is -2.27. The van der Waals surface area contributed by atoms with Crippen molar-refractivity contribution >= 4 is 23.5 Å². The van der Waals surface area contributed by atoms with Gasteiger partial charge in [0.05, 0.1) is 5.92 Å². The zero-order chi connectivity index (χ0) is 13.0. The maximum Gasteiger partial charge on any atom is 0.306 e. The van der Waals surface area contributed by atoms with Gasteiger partial charge in [0.15, 0.2) is 0 Å². The van der Waals surface area contributed by atoms with Crippen LogP contribution in [-0.2, 0) is 4.79 Å². The highest BCUT2D eigenvalue weighted by Crippen LogP contribution is 2.26. The van der Waals surface area contributed by atoms with E-state index >= 15 is 0 Å². The minimum absolute atomic E-state index is 0.158. The van der Waals surface area contributed by atoms with Crippen molar-refractivity contribution in [1.82, 2.24) is 4.98 Å². The molecule has 0 unspecified atom stereocenters. The Morgan fingerprint density at radius 1 is 1.39 bits per heavy atom. The fourth-order valence-electron chi connectivity index (χ4n) is 2.28. The molecule has 1 aliphatic rings. The van der Waals surface area contributed by atoms with Crippen molar-refractivity contribution in [3.05, 3.63) is 18.3 Å². The topological polar surface area (TPSA) is 62.2 Å². The van der Waals surface area contributed by atoms with E-state index in [1.807, 2.05) is 24.6 Å². The number of hydrogen-bond acceptors (Lipinski definition) is 4. The van der Waals surface area contributed by atoms with Gasteiger partial charge in [-0.25, -0.2) is 4.98 Å². The monoisotopic (exact) mass is 266 g/mol. The van der Waals surface area contributed by atoms with E-state index in [1.54, 1.807) is 11.8 Å². The first-order chi connectivity index (χ1) is 8.69. The van der Waals surface area contributed by atoms with Crippen molar-refractivity contribution < 1.29 is 9.90 Å². The number of anilines is 1. The number of nitrogens with one attached hydrogen (secondary N) is 1. The number of rotatable bonds is 4. The van der Waals surface area contributed by atoms with Crippen LogP contribution in [0.1, 0.15) is 25.7 Å². The second-order valence-electron chi connectivity index (χ2n) is 4.61. The summed E-state index contributed by atoms with van der Waals surface area (Å²) in [4.78, 5) is 16.4. The quantitative estimate of drug-likeness (QED) is 0.820. The summed E-state index contributed by atoms with van der Waals surface area (Å²) in [6.07, 6.45) is 7.21. The number of aliphatic carboxylic acids is 1. The van der Waals surface area contributed by atoms with Crippen LogP contribution in [0.5, 0.6) is 0 Å². The largest absolute Gasteiger partial charge is 0.481 e. The molecular weight excluding hydrogens is 248 g/mol. The minimum atomic E-state index is -0.657. The SMILES string of the molecule is CSc1ccc(NC2CCC(C(=O)O)CC2)nc1. The van der Waals surface area contributed by atoms with E-state index in [9.17, 15) is 4.79 Å². The molecule has 5 heteroatoms. The van der Waals surface area contributed by atoms with Crippen molar-refractivity contribution in [3.63, 3.8) is 0 Å². The molecule has 1 saturated carbocycles. The summed E-state index contributed by atoms with van der Waals surface area (Å²) in [5, 5.41) is 12.3. The van der Waals surface area contributed by atoms with Gasteiger partial charge in [-0.15, -0.1) is 11.8 Å². The lowest BCUT2D eigenvalue weighted by atomic mass is 9.86. The molecule has 1 aliphatic carbocycles. The summed E-state index contributed by atoms with van der Waals surface area (Å²) in [6.45, 7) is 0. The number of aromatic nitrogens is 1. The molecule has 0 aromatic carbocycles. The van der Waals surface area contributed by atoms with E-state index < -0.39 is 5.97 Å². The molecule has 2 rings (SSSR count). The van der Waals surface area contributed by atoms with Crippen molar-refractivity contribution in [1.29, 1.82) is 0 Å². The second-order valence-corrected chi connectivity index (χ2v) is 5.49. The highest BCUT2D eigenvalue weighted by molar-refractivity contribution is 7.98. The van der Waals surface area contributed by atoms with E-state index in [1.165, 1.54) is 0 Å². The Balaban J connectivity index is 1.85. The Morgan fingerprint density at radius 3 is 2.61 bits per heavy atom. The summed E-state index contributed by atoms with van der Waals surface area (Å²) in [7, 11) is 0. The van der Waals surface area contributed by atoms with E-state index in [4.69, 9.17) is 5.11 Å². The third kappa shape index (κ3) is 3.38. The van der Waals surface area contributed by atoms with Gasteiger partial charge in [0.1, 0.15) is 5.82 Å². The van der Waals surface area contributed by atoms with Crippen LogP contribution >= 0.6 is 11.8 Å². The maximum absolute atomic E-state index is 10.9. The summed E-state index contributed by atoms with van der Waals surface area (Å²) in [5.74, 6) is 0.0670. The highest BCUT2D eigenvalue weighted by Gasteiger charge is 2.25. The van der Waals surface area contributed by atoms with Crippen LogP contribution < -0.4 is 5.32 Å². The van der Waals surface area contributed by atoms with Crippen molar-refractivity contribution in [2.24, 2.45) is 5.92 Å². The van der Waals surface area contributed by atoms with Crippen molar-refractivity contribution in [3.8, 4) is 0 Å². The van der Waals surface area contributed by atoms with Gasteiger partial charge in [-0.2, -0.15) is 0 Å². The van der Waals surface area contributed by atoms with E-state index in [-0.39, 0.29) is 5.92 Å². The Morgan fingerprint density at radius 2 is 2.11 bits per heavy atom. The van der Waals surface area contributed by atoms with Crippen molar-refractivity contribution in [2.45, 2.75) is 36.6 Å². The molecule has 1 aromatic heterocycles. The minimum Gasteiger partial charge on any atom is -0.481 e. The molecule has 0 saturated heterocycles. The lowest BCUT2D eigenvalue weighted by Crippen LogP contribution is -2.29. The first-order valence-corrected chi connectivity index (χ1v) is 7.41. The maximum atomic E-state index is 10.9. The van der Waals surface area contributed by atoms with E-state index in [2.05, 4.69) is 10.3 Å². The Hall–Kier alpha value is -1.23. The van der Waals surface area contributed by atoms with Gasteiger partial charge >= 0.3 is 5.97 Å². The third-order valence-electron chi connectivity index (χ3n) is 3.40. The Labute approximate surface area is 111 Å². The fraction of sp³-hybridized carbons (Fsp3) is 0.538. The predicted octanol–water partition coefficient (Wildman–Crippen LogP) is 2.86. The smallest absolute Gasteiger partial charge is 0.306 e. The Bertz CT molecular complexity index is 400. The number of carboxylic acids is 1. The van der Waals surface area contributed by atoms with Crippen LogP contribution in [0.15, 0.2) is 23.2 Å². The van der Waals surface area contributed by atoms with Gasteiger partial charge in [0, 0.05) is 17.1 Å². The third-order valence-corrected chi connectivity index (χ3v) is 4.11. The van der Waals surface area contributed by atoms with Crippen LogP contribution in [0.4, 0.5) is 5.82 Å². The molecule has 1 aromatic rings. The van der Waals surface area contributed by atoms with Gasteiger partial charge in [-0.1, -0.05) is 0 Å². The van der Waals surface area contributed by atoms with Crippen LogP contribution in [0.25, 0.3) is 0 Å². The molecule has 0 spiro atoms. The molecule has 0 aliphatic heterocycles. The van der Waals surface area contributed by atoms with Crippen LogP contribution in [0.3, 0.4) is 0 Å².